The Balaban J connectivity index is 3.82. The SMILES string of the molecule is CCC(CC)(CC)N[SiH3]. The highest BCUT2D eigenvalue weighted by atomic mass is 28.2. The van der Waals surface area contributed by atoms with Gasteiger partial charge < -0.3 is 4.98 Å². The van der Waals surface area contributed by atoms with Gasteiger partial charge >= 0.3 is 0 Å². The lowest BCUT2D eigenvalue weighted by Crippen LogP contribution is -2.41. The molecule has 2 heteroatoms. The lowest BCUT2D eigenvalue weighted by atomic mass is 9.91. The van der Waals surface area contributed by atoms with Gasteiger partial charge in [-0.3, -0.25) is 0 Å². The van der Waals surface area contributed by atoms with Crippen LogP contribution in [0.15, 0.2) is 0 Å². The molecule has 0 aliphatic rings. The molecule has 1 nitrogen and oxygen atoms in total. The van der Waals surface area contributed by atoms with Gasteiger partial charge in [0.25, 0.3) is 0 Å². The van der Waals surface area contributed by atoms with E-state index in [1.54, 1.807) is 0 Å². The van der Waals surface area contributed by atoms with Gasteiger partial charge in [0.15, 0.2) is 0 Å². The predicted octanol–water partition coefficient (Wildman–Crippen LogP) is 0.825. The maximum Gasteiger partial charge on any atom is 0.0755 e. The van der Waals surface area contributed by atoms with E-state index in [4.69, 9.17) is 0 Å². The average molecular weight is 145 g/mol. The van der Waals surface area contributed by atoms with E-state index in [2.05, 4.69) is 25.8 Å². The number of hydrogen-bond acceptors (Lipinski definition) is 1. The molecule has 0 bridgehead atoms. The molecule has 0 aliphatic carbocycles. The zero-order valence-corrected chi connectivity index (χ0v) is 9.12. The maximum absolute atomic E-state index is 3.50. The summed E-state index contributed by atoms with van der Waals surface area (Å²) in [5, 5.41) is 0. The van der Waals surface area contributed by atoms with Crippen molar-refractivity contribution in [1.82, 2.24) is 4.98 Å². The molecule has 0 aromatic carbocycles. The van der Waals surface area contributed by atoms with Crippen LogP contribution in [0.5, 0.6) is 0 Å². The molecule has 0 rings (SSSR count). The first-order chi connectivity index (χ1) is 4.24. The first-order valence-electron chi connectivity index (χ1n) is 3.93. The Morgan fingerprint density at radius 1 is 1.11 bits per heavy atom. The first kappa shape index (κ1) is 9.18. The van der Waals surface area contributed by atoms with Crippen molar-refractivity contribution in [3.05, 3.63) is 0 Å². The summed E-state index contributed by atoms with van der Waals surface area (Å²) in [4.78, 5) is 3.50. The van der Waals surface area contributed by atoms with Crippen molar-refractivity contribution in [3.63, 3.8) is 0 Å². The molecular formula is C7H19NSi. The summed E-state index contributed by atoms with van der Waals surface area (Å²) in [6.07, 6.45) is 3.80. The van der Waals surface area contributed by atoms with E-state index in [0.717, 1.165) is 10.4 Å². The van der Waals surface area contributed by atoms with E-state index < -0.39 is 0 Å². The lowest BCUT2D eigenvalue weighted by Gasteiger charge is -2.30. The molecule has 1 N–H and O–H groups in total. The van der Waals surface area contributed by atoms with Crippen LogP contribution in [-0.4, -0.2) is 15.9 Å². The molecule has 9 heavy (non-hydrogen) atoms. The Kier molecular flexibility index (Phi) is 4.15. The Labute approximate surface area is 61.7 Å². The van der Waals surface area contributed by atoms with Crippen LogP contribution in [-0.2, 0) is 0 Å². The fourth-order valence-electron chi connectivity index (χ4n) is 1.28. The van der Waals surface area contributed by atoms with Crippen molar-refractivity contribution in [2.24, 2.45) is 0 Å². The van der Waals surface area contributed by atoms with Crippen molar-refractivity contribution in [2.75, 3.05) is 0 Å². The maximum atomic E-state index is 3.50. The minimum absolute atomic E-state index is 0.478. The number of rotatable bonds is 4. The van der Waals surface area contributed by atoms with E-state index in [-0.39, 0.29) is 0 Å². The topological polar surface area (TPSA) is 12.0 Å². The molecule has 0 radical (unpaired) electrons. The smallest absolute Gasteiger partial charge is 0.0755 e. The van der Waals surface area contributed by atoms with Crippen LogP contribution in [0.4, 0.5) is 0 Å². The van der Waals surface area contributed by atoms with E-state index in [0.29, 0.717) is 5.54 Å². The van der Waals surface area contributed by atoms with Gasteiger partial charge in [-0.2, -0.15) is 0 Å². The summed E-state index contributed by atoms with van der Waals surface area (Å²) in [6, 6.07) is 0. The largest absolute Gasteiger partial charge is 0.340 e. The summed E-state index contributed by atoms with van der Waals surface area (Å²) in [5.74, 6) is 0. The van der Waals surface area contributed by atoms with Crippen LogP contribution < -0.4 is 4.98 Å². The second kappa shape index (κ2) is 4.07. The van der Waals surface area contributed by atoms with Gasteiger partial charge in [-0.15, -0.1) is 0 Å². The van der Waals surface area contributed by atoms with Crippen LogP contribution in [0.1, 0.15) is 40.0 Å². The van der Waals surface area contributed by atoms with Gasteiger partial charge in [-0.1, -0.05) is 20.8 Å². The Hall–Kier alpha value is 0.177. The summed E-state index contributed by atoms with van der Waals surface area (Å²) in [5.41, 5.74) is 0.478. The molecule has 0 amide bonds. The third-order valence-corrected chi connectivity index (χ3v) is 3.62. The molecule has 0 spiro atoms. The molecular weight excluding hydrogens is 126 g/mol. The Bertz CT molecular complexity index is 51.8. The Morgan fingerprint density at radius 3 is 1.44 bits per heavy atom. The summed E-state index contributed by atoms with van der Waals surface area (Å²) in [6.45, 7) is 6.79. The highest BCUT2D eigenvalue weighted by Gasteiger charge is 2.19. The molecule has 0 atom stereocenters. The predicted molar refractivity (Wildman–Crippen MR) is 46.7 cm³/mol. The minimum atomic E-state index is 0.478. The highest BCUT2D eigenvalue weighted by Crippen LogP contribution is 2.17. The number of hydrogen-bond donors (Lipinski definition) is 1. The zero-order valence-electron chi connectivity index (χ0n) is 7.12. The van der Waals surface area contributed by atoms with Crippen molar-refractivity contribution < 1.29 is 0 Å². The second-order valence-corrected chi connectivity index (χ2v) is 3.09. The molecule has 0 fully saturated rings. The van der Waals surface area contributed by atoms with Crippen molar-refractivity contribution >= 4 is 10.4 Å². The third-order valence-electron chi connectivity index (χ3n) is 2.56. The number of nitrogens with one attached hydrogen (secondary N) is 1. The van der Waals surface area contributed by atoms with Gasteiger partial charge in [0.1, 0.15) is 0 Å². The molecule has 0 aromatic heterocycles. The molecule has 0 saturated heterocycles. The zero-order chi connectivity index (χ0) is 7.33. The molecule has 0 aliphatic heterocycles. The van der Waals surface area contributed by atoms with E-state index in [9.17, 15) is 0 Å². The first-order valence-corrected chi connectivity index (χ1v) is 4.93. The van der Waals surface area contributed by atoms with Gasteiger partial charge in [-0.25, -0.2) is 0 Å². The van der Waals surface area contributed by atoms with Gasteiger partial charge in [0.2, 0.25) is 0 Å². The highest BCUT2D eigenvalue weighted by molar-refractivity contribution is 6.04. The van der Waals surface area contributed by atoms with Crippen molar-refractivity contribution in [1.29, 1.82) is 0 Å². The standard InChI is InChI=1S/C7H19NSi/c1-4-7(5-2,6-3)8-9/h8H,4-6H2,1-3,9H3. The van der Waals surface area contributed by atoms with Crippen molar-refractivity contribution in [3.8, 4) is 0 Å². The second-order valence-electron chi connectivity index (χ2n) is 2.59. The fraction of sp³-hybridized carbons (Fsp3) is 1.00. The molecule has 0 aromatic rings. The molecule has 56 valence electrons. The minimum Gasteiger partial charge on any atom is -0.340 e. The van der Waals surface area contributed by atoms with Crippen LogP contribution >= 0.6 is 0 Å². The van der Waals surface area contributed by atoms with Crippen LogP contribution in [0.2, 0.25) is 0 Å². The van der Waals surface area contributed by atoms with Gasteiger partial charge in [0, 0.05) is 5.54 Å². The Morgan fingerprint density at radius 2 is 1.44 bits per heavy atom. The summed E-state index contributed by atoms with van der Waals surface area (Å²) >= 11 is 0. The summed E-state index contributed by atoms with van der Waals surface area (Å²) in [7, 11) is 1.13. The van der Waals surface area contributed by atoms with Gasteiger partial charge in [0.05, 0.1) is 10.4 Å². The average Bonchev–Trinajstić information content (AvgIpc) is 1.95. The van der Waals surface area contributed by atoms with Crippen LogP contribution in [0, 0.1) is 0 Å². The van der Waals surface area contributed by atoms with E-state index in [1.165, 1.54) is 19.3 Å². The van der Waals surface area contributed by atoms with E-state index >= 15 is 0 Å². The normalized spacial score (nSPS) is 12.3. The molecule has 0 unspecified atom stereocenters. The van der Waals surface area contributed by atoms with Crippen LogP contribution in [0.25, 0.3) is 0 Å². The van der Waals surface area contributed by atoms with E-state index in [1.807, 2.05) is 0 Å². The fourth-order valence-corrected chi connectivity index (χ4v) is 2.34. The molecule has 0 saturated carbocycles. The quantitative estimate of drug-likeness (QED) is 0.578. The third kappa shape index (κ3) is 2.10. The summed E-state index contributed by atoms with van der Waals surface area (Å²) < 4.78 is 0. The monoisotopic (exact) mass is 145 g/mol. The lowest BCUT2D eigenvalue weighted by molar-refractivity contribution is 0.349. The van der Waals surface area contributed by atoms with Crippen molar-refractivity contribution in [2.45, 2.75) is 45.6 Å². The molecule has 0 heterocycles. The van der Waals surface area contributed by atoms with Gasteiger partial charge in [-0.05, 0) is 19.3 Å². The van der Waals surface area contributed by atoms with Crippen LogP contribution in [0.3, 0.4) is 0 Å².